The first-order valence-corrected chi connectivity index (χ1v) is 11.3. The van der Waals surface area contributed by atoms with E-state index in [1.54, 1.807) is 18.5 Å². The Bertz CT molecular complexity index is 1520. The smallest absolute Gasteiger partial charge is 0.123 e. The molecule has 0 unspecified atom stereocenters. The summed E-state index contributed by atoms with van der Waals surface area (Å²) in [4.78, 5) is 16.8. The minimum absolute atomic E-state index is 0.290. The van der Waals surface area contributed by atoms with Crippen molar-refractivity contribution in [3.63, 3.8) is 0 Å². The molecule has 0 aliphatic heterocycles. The predicted octanol–water partition coefficient (Wildman–Crippen LogP) is 7.18. The molecule has 0 fully saturated rings. The van der Waals surface area contributed by atoms with E-state index >= 15 is 0 Å². The normalized spacial score (nSPS) is 11.4. The quantitative estimate of drug-likeness (QED) is 0.282. The van der Waals surface area contributed by atoms with Gasteiger partial charge in [0.2, 0.25) is 0 Å². The first-order chi connectivity index (χ1) is 16.5. The fraction of sp³-hybridized carbons (Fsp3) is 0.185. The Morgan fingerprint density at radius 2 is 1.74 bits per heavy atom. The molecule has 0 amide bonds. The second-order valence-corrected chi connectivity index (χ2v) is 7.89. The predicted molar refractivity (Wildman–Crippen MR) is 138 cm³/mol. The van der Waals surface area contributed by atoms with E-state index in [1.165, 1.54) is 12.1 Å². The number of aromatic amines is 2. The Labute approximate surface area is 197 Å². The van der Waals surface area contributed by atoms with Gasteiger partial charge in [-0.1, -0.05) is 26.0 Å². The fourth-order valence-electron chi connectivity index (χ4n) is 3.68. The first-order valence-electron chi connectivity index (χ1n) is 11.3. The van der Waals surface area contributed by atoms with E-state index in [4.69, 9.17) is 0 Å². The average Bonchev–Trinajstić information content (AvgIpc) is 3.47. The number of fused-ring (bicyclic) bond motifs is 2. The van der Waals surface area contributed by atoms with Crippen molar-refractivity contribution < 1.29 is 4.39 Å². The molecular weight excluding hydrogens is 427 g/mol. The second kappa shape index (κ2) is 9.79. The van der Waals surface area contributed by atoms with Gasteiger partial charge < -0.3 is 4.98 Å². The first kappa shape index (κ1) is 23.0. The summed E-state index contributed by atoms with van der Waals surface area (Å²) in [6.07, 6.45) is 5.32. The highest BCUT2D eigenvalue weighted by molar-refractivity contribution is 6.00. The summed E-state index contributed by atoms with van der Waals surface area (Å²) < 4.78 is 13.8. The van der Waals surface area contributed by atoms with E-state index in [0.717, 1.165) is 61.4 Å². The summed E-state index contributed by atoms with van der Waals surface area (Å²) in [6.45, 7) is 9.90. The lowest BCUT2D eigenvalue weighted by Crippen LogP contribution is -1.87. The van der Waals surface area contributed by atoms with Gasteiger partial charge >= 0.3 is 0 Å². The van der Waals surface area contributed by atoms with Crippen LogP contribution in [0.15, 0.2) is 66.1 Å². The number of aromatic nitrogens is 5. The number of H-pyrrole nitrogens is 2. The van der Waals surface area contributed by atoms with Crippen LogP contribution in [0, 0.1) is 5.82 Å². The number of hydrogen-bond acceptors (Lipinski definition) is 4. The molecule has 0 bridgehead atoms. The van der Waals surface area contributed by atoms with Gasteiger partial charge in [-0.2, -0.15) is 5.10 Å². The van der Waals surface area contributed by atoms with Gasteiger partial charge in [-0.05, 0) is 56.7 Å². The number of nitrogens with one attached hydrogen (secondary N) is 2. The number of pyridine rings is 2. The maximum absolute atomic E-state index is 13.8. The van der Waals surface area contributed by atoms with Crippen LogP contribution < -0.4 is 0 Å². The summed E-state index contributed by atoms with van der Waals surface area (Å²) in [5.41, 5.74) is 7.61. The molecule has 4 heterocycles. The van der Waals surface area contributed by atoms with Crippen LogP contribution in [-0.4, -0.2) is 30.9 Å². The zero-order valence-corrected chi connectivity index (χ0v) is 19.9. The SMILES string of the molecule is CC.CC(C)=N/C=C(\C)c1cc2c(-c3cc4c(-c5cccc(F)c5)nccc4[nH]3)n[nH]c2cn1. The van der Waals surface area contributed by atoms with Gasteiger partial charge in [-0.3, -0.25) is 20.1 Å². The van der Waals surface area contributed by atoms with Gasteiger partial charge in [0.05, 0.1) is 28.8 Å². The molecule has 0 aliphatic carbocycles. The summed E-state index contributed by atoms with van der Waals surface area (Å²) in [7, 11) is 0. The molecule has 172 valence electrons. The number of aliphatic imine (C=N–C) groups is 1. The van der Waals surface area contributed by atoms with Gasteiger partial charge in [0.25, 0.3) is 0 Å². The molecule has 0 atom stereocenters. The molecule has 0 spiro atoms. The zero-order chi connectivity index (χ0) is 24.2. The van der Waals surface area contributed by atoms with Crippen molar-refractivity contribution in [3.05, 3.63) is 72.6 Å². The highest BCUT2D eigenvalue weighted by Gasteiger charge is 2.15. The lowest BCUT2D eigenvalue weighted by atomic mass is 10.1. The Balaban J connectivity index is 0.00000133. The molecule has 5 aromatic rings. The molecule has 7 heteroatoms. The average molecular weight is 455 g/mol. The maximum atomic E-state index is 13.8. The standard InChI is InChI=1S/C25H21FN6.C2H6/c1-14(2)28-12-15(3)21-10-19-23(13-29-21)31-32-25(19)22-11-18-20(30-22)7-8-27-24(18)16-5-4-6-17(26)9-16;1-2/h4-13,30H,1-3H3,(H,31,32);1-2H3/b15-12+;. The molecule has 2 N–H and O–H groups in total. The third kappa shape index (κ3) is 4.50. The largest absolute Gasteiger partial charge is 0.353 e. The van der Waals surface area contributed by atoms with E-state index in [-0.39, 0.29) is 5.82 Å². The Hall–Kier alpha value is -4.13. The summed E-state index contributed by atoms with van der Waals surface area (Å²) in [6, 6.07) is 12.4. The summed E-state index contributed by atoms with van der Waals surface area (Å²) >= 11 is 0. The number of allylic oxidation sites excluding steroid dienone is 1. The van der Waals surface area contributed by atoms with E-state index in [9.17, 15) is 4.39 Å². The van der Waals surface area contributed by atoms with Gasteiger partial charge in [-0.15, -0.1) is 0 Å². The lowest BCUT2D eigenvalue weighted by Gasteiger charge is -2.02. The number of nitrogens with zero attached hydrogens (tertiary/aromatic N) is 4. The number of benzene rings is 1. The van der Waals surface area contributed by atoms with Crippen LogP contribution in [0.3, 0.4) is 0 Å². The minimum Gasteiger partial charge on any atom is -0.353 e. The van der Waals surface area contributed by atoms with Crippen molar-refractivity contribution in [2.75, 3.05) is 0 Å². The summed E-state index contributed by atoms with van der Waals surface area (Å²) in [5, 5.41) is 9.44. The molecule has 0 saturated heterocycles. The van der Waals surface area contributed by atoms with Gasteiger partial charge in [-0.25, -0.2) is 4.39 Å². The lowest BCUT2D eigenvalue weighted by molar-refractivity contribution is 0.628. The Morgan fingerprint density at radius 3 is 2.50 bits per heavy atom. The van der Waals surface area contributed by atoms with Crippen molar-refractivity contribution in [3.8, 4) is 22.6 Å². The molecular formula is C27H27FN6. The van der Waals surface area contributed by atoms with Gasteiger partial charge in [0.1, 0.15) is 11.5 Å². The van der Waals surface area contributed by atoms with Crippen LogP contribution >= 0.6 is 0 Å². The zero-order valence-electron chi connectivity index (χ0n) is 19.9. The highest BCUT2D eigenvalue weighted by Crippen LogP contribution is 2.33. The topological polar surface area (TPSA) is 82.6 Å². The third-order valence-electron chi connectivity index (χ3n) is 5.27. The van der Waals surface area contributed by atoms with Crippen LogP contribution in [-0.2, 0) is 0 Å². The van der Waals surface area contributed by atoms with Crippen molar-refractivity contribution in [2.45, 2.75) is 34.6 Å². The number of hydrogen-bond donors (Lipinski definition) is 2. The molecule has 5 rings (SSSR count). The molecule has 0 aliphatic rings. The molecule has 34 heavy (non-hydrogen) atoms. The molecule has 4 aromatic heterocycles. The van der Waals surface area contributed by atoms with Crippen LogP contribution in [0.1, 0.15) is 40.3 Å². The van der Waals surface area contributed by atoms with Crippen LogP contribution in [0.2, 0.25) is 0 Å². The summed E-state index contributed by atoms with van der Waals surface area (Å²) in [5.74, 6) is -0.290. The number of rotatable bonds is 4. The van der Waals surface area contributed by atoms with Crippen molar-refractivity contribution in [1.29, 1.82) is 0 Å². The van der Waals surface area contributed by atoms with E-state index in [0.29, 0.717) is 0 Å². The van der Waals surface area contributed by atoms with Crippen molar-refractivity contribution in [2.24, 2.45) is 4.99 Å². The van der Waals surface area contributed by atoms with E-state index < -0.39 is 0 Å². The van der Waals surface area contributed by atoms with Crippen LogP contribution in [0.5, 0.6) is 0 Å². The van der Waals surface area contributed by atoms with E-state index in [2.05, 4.69) is 30.1 Å². The Morgan fingerprint density at radius 1 is 0.941 bits per heavy atom. The fourth-order valence-corrected chi connectivity index (χ4v) is 3.68. The maximum Gasteiger partial charge on any atom is 0.123 e. The molecule has 1 aromatic carbocycles. The Kier molecular flexibility index (Phi) is 6.63. The highest BCUT2D eigenvalue weighted by atomic mass is 19.1. The van der Waals surface area contributed by atoms with Gasteiger partial charge in [0, 0.05) is 40.0 Å². The third-order valence-corrected chi connectivity index (χ3v) is 5.27. The van der Waals surface area contributed by atoms with Gasteiger partial charge in [0.15, 0.2) is 0 Å². The minimum atomic E-state index is -0.290. The van der Waals surface area contributed by atoms with Crippen LogP contribution in [0.25, 0.3) is 50.0 Å². The monoisotopic (exact) mass is 454 g/mol. The molecule has 6 nitrogen and oxygen atoms in total. The molecule has 0 saturated carbocycles. The number of halogens is 1. The van der Waals surface area contributed by atoms with Crippen molar-refractivity contribution in [1.82, 2.24) is 25.1 Å². The van der Waals surface area contributed by atoms with E-state index in [1.807, 2.05) is 65.1 Å². The van der Waals surface area contributed by atoms with Crippen molar-refractivity contribution >= 4 is 33.1 Å². The molecule has 0 radical (unpaired) electrons. The second-order valence-electron chi connectivity index (χ2n) is 7.89. The van der Waals surface area contributed by atoms with Crippen LogP contribution in [0.4, 0.5) is 4.39 Å².